The highest BCUT2D eigenvalue weighted by molar-refractivity contribution is 7.80. The lowest BCUT2D eigenvalue weighted by molar-refractivity contribution is 0.590. The fourth-order valence-electron chi connectivity index (χ4n) is 1.88. The van der Waals surface area contributed by atoms with Crippen LogP contribution in [0.5, 0.6) is 0 Å². The first kappa shape index (κ1) is 14.6. The molecule has 0 aliphatic carbocycles. The number of aromatic amines is 1. The SMILES string of the molecule is CC(C)(C)c1ccc(NC(=S)NCc2ccc[nH]2)cc1. The minimum absolute atomic E-state index is 0.172. The Kier molecular flexibility index (Phi) is 4.45. The summed E-state index contributed by atoms with van der Waals surface area (Å²) in [5.74, 6) is 0. The molecule has 20 heavy (non-hydrogen) atoms. The molecule has 0 atom stereocenters. The Labute approximate surface area is 125 Å². The lowest BCUT2D eigenvalue weighted by Gasteiger charge is -2.19. The summed E-state index contributed by atoms with van der Waals surface area (Å²) in [6, 6.07) is 12.4. The third kappa shape index (κ3) is 4.10. The van der Waals surface area contributed by atoms with Gasteiger partial charge in [0.2, 0.25) is 0 Å². The fourth-order valence-corrected chi connectivity index (χ4v) is 2.07. The third-order valence-corrected chi connectivity index (χ3v) is 3.36. The van der Waals surface area contributed by atoms with Crippen molar-refractivity contribution in [1.82, 2.24) is 10.3 Å². The number of hydrogen-bond donors (Lipinski definition) is 3. The first-order valence-corrected chi connectivity index (χ1v) is 7.13. The molecule has 0 fully saturated rings. The lowest BCUT2D eigenvalue weighted by Crippen LogP contribution is -2.28. The second-order valence-electron chi connectivity index (χ2n) is 5.83. The highest BCUT2D eigenvalue weighted by Gasteiger charge is 2.12. The van der Waals surface area contributed by atoms with Gasteiger partial charge in [-0.25, -0.2) is 0 Å². The average Bonchev–Trinajstić information content (AvgIpc) is 2.89. The summed E-state index contributed by atoms with van der Waals surface area (Å²) in [7, 11) is 0. The van der Waals surface area contributed by atoms with Crippen molar-refractivity contribution in [2.24, 2.45) is 0 Å². The van der Waals surface area contributed by atoms with E-state index in [-0.39, 0.29) is 5.41 Å². The molecule has 0 spiro atoms. The molecule has 2 rings (SSSR count). The zero-order chi connectivity index (χ0) is 14.6. The van der Waals surface area contributed by atoms with Gasteiger partial charge in [-0.15, -0.1) is 0 Å². The molecule has 1 aromatic carbocycles. The van der Waals surface area contributed by atoms with Crippen molar-refractivity contribution in [2.45, 2.75) is 32.7 Å². The van der Waals surface area contributed by atoms with Gasteiger partial charge in [0.15, 0.2) is 5.11 Å². The van der Waals surface area contributed by atoms with Crippen LogP contribution in [-0.4, -0.2) is 10.1 Å². The number of thiocarbonyl (C=S) groups is 1. The maximum absolute atomic E-state index is 5.28. The zero-order valence-corrected chi connectivity index (χ0v) is 13.0. The van der Waals surface area contributed by atoms with Crippen LogP contribution in [-0.2, 0) is 12.0 Å². The van der Waals surface area contributed by atoms with E-state index in [1.54, 1.807) is 0 Å². The van der Waals surface area contributed by atoms with Crippen LogP contribution in [0.4, 0.5) is 5.69 Å². The van der Waals surface area contributed by atoms with Crippen LogP contribution >= 0.6 is 12.2 Å². The maximum atomic E-state index is 5.28. The average molecular weight is 287 g/mol. The van der Waals surface area contributed by atoms with Gasteiger partial charge in [0.05, 0.1) is 6.54 Å². The van der Waals surface area contributed by atoms with Gasteiger partial charge < -0.3 is 15.6 Å². The van der Waals surface area contributed by atoms with E-state index in [9.17, 15) is 0 Å². The third-order valence-electron chi connectivity index (χ3n) is 3.11. The van der Waals surface area contributed by atoms with Crippen molar-refractivity contribution in [3.63, 3.8) is 0 Å². The first-order chi connectivity index (χ1) is 9.45. The fraction of sp³-hybridized carbons (Fsp3) is 0.312. The standard InChI is InChI=1S/C16H21N3S/c1-16(2,3)12-6-8-13(9-7-12)19-15(20)18-11-14-5-4-10-17-14/h4-10,17H,11H2,1-3H3,(H2,18,19,20). The van der Waals surface area contributed by atoms with E-state index < -0.39 is 0 Å². The second-order valence-corrected chi connectivity index (χ2v) is 6.24. The molecule has 1 aromatic heterocycles. The van der Waals surface area contributed by atoms with Crippen molar-refractivity contribution in [3.8, 4) is 0 Å². The van der Waals surface area contributed by atoms with Crippen LogP contribution in [0, 0.1) is 0 Å². The summed E-state index contributed by atoms with van der Waals surface area (Å²) in [4.78, 5) is 3.13. The molecule has 0 saturated carbocycles. The van der Waals surface area contributed by atoms with Gasteiger partial charge in [0.1, 0.15) is 0 Å². The molecule has 0 amide bonds. The van der Waals surface area contributed by atoms with Gasteiger partial charge in [-0.3, -0.25) is 0 Å². The molecule has 2 aromatic rings. The van der Waals surface area contributed by atoms with Crippen LogP contribution in [0.2, 0.25) is 0 Å². The van der Waals surface area contributed by atoms with Crippen molar-refractivity contribution >= 4 is 23.0 Å². The van der Waals surface area contributed by atoms with Gasteiger partial charge in [0, 0.05) is 17.6 Å². The van der Waals surface area contributed by atoms with E-state index in [1.165, 1.54) is 5.56 Å². The predicted molar refractivity (Wildman–Crippen MR) is 89.0 cm³/mol. The predicted octanol–water partition coefficient (Wildman–Crippen LogP) is 3.80. The summed E-state index contributed by atoms with van der Waals surface area (Å²) in [5.41, 5.74) is 3.60. The quantitative estimate of drug-likeness (QED) is 0.752. The molecular formula is C16H21N3S. The van der Waals surface area contributed by atoms with Crippen LogP contribution < -0.4 is 10.6 Å². The molecule has 106 valence electrons. The maximum Gasteiger partial charge on any atom is 0.171 e. The van der Waals surface area contributed by atoms with Gasteiger partial charge in [-0.05, 0) is 47.5 Å². The molecule has 0 aliphatic rings. The van der Waals surface area contributed by atoms with Crippen molar-refractivity contribution in [2.75, 3.05) is 5.32 Å². The van der Waals surface area contributed by atoms with Gasteiger partial charge in [0.25, 0.3) is 0 Å². The Balaban J connectivity index is 1.88. The Morgan fingerprint density at radius 2 is 1.85 bits per heavy atom. The summed E-state index contributed by atoms with van der Waals surface area (Å²) in [6.45, 7) is 7.31. The second kappa shape index (κ2) is 6.09. The number of benzene rings is 1. The van der Waals surface area contributed by atoms with Crippen molar-refractivity contribution in [3.05, 3.63) is 53.9 Å². The van der Waals surface area contributed by atoms with Gasteiger partial charge in [-0.2, -0.15) is 0 Å². The summed E-state index contributed by atoms with van der Waals surface area (Å²) in [5, 5.41) is 6.98. The van der Waals surface area contributed by atoms with E-state index in [1.807, 2.05) is 18.3 Å². The molecular weight excluding hydrogens is 266 g/mol. The topological polar surface area (TPSA) is 39.8 Å². The molecule has 4 heteroatoms. The van der Waals surface area contributed by atoms with E-state index in [2.05, 4.69) is 60.7 Å². The number of nitrogens with one attached hydrogen (secondary N) is 3. The van der Waals surface area contributed by atoms with Crippen LogP contribution in [0.1, 0.15) is 32.0 Å². The Hall–Kier alpha value is -1.81. The van der Waals surface area contributed by atoms with E-state index in [0.29, 0.717) is 11.7 Å². The van der Waals surface area contributed by atoms with Crippen molar-refractivity contribution < 1.29 is 0 Å². The highest BCUT2D eigenvalue weighted by atomic mass is 32.1. The molecule has 0 radical (unpaired) electrons. The van der Waals surface area contributed by atoms with Gasteiger partial charge >= 0.3 is 0 Å². The number of H-pyrrole nitrogens is 1. The smallest absolute Gasteiger partial charge is 0.171 e. The van der Waals surface area contributed by atoms with Crippen LogP contribution in [0.3, 0.4) is 0 Å². The van der Waals surface area contributed by atoms with E-state index in [4.69, 9.17) is 12.2 Å². The molecule has 0 unspecified atom stereocenters. The Morgan fingerprint density at radius 3 is 2.40 bits per heavy atom. The monoisotopic (exact) mass is 287 g/mol. The lowest BCUT2D eigenvalue weighted by atomic mass is 9.87. The van der Waals surface area contributed by atoms with Crippen molar-refractivity contribution in [1.29, 1.82) is 0 Å². The largest absolute Gasteiger partial charge is 0.364 e. The van der Waals surface area contributed by atoms with E-state index in [0.717, 1.165) is 11.4 Å². The number of anilines is 1. The minimum Gasteiger partial charge on any atom is -0.364 e. The molecule has 0 bridgehead atoms. The molecule has 0 aliphatic heterocycles. The Bertz CT molecular complexity index is 550. The highest BCUT2D eigenvalue weighted by Crippen LogP contribution is 2.23. The first-order valence-electron chi connectivity index (χ1n) is 6.73. The number of aromatic nitrogens is 1. The van der Waals surface area contributed by atoms with Gasteiger partial charge in [-0.1, -0.05) is 32.9 Å². The number of rotatable bonds is 3. The van der Waals surface area contributed by atoms with E-state index >= 15 is 0 Å². The normalized spacial score (nSPS) is 11.2. The zero-order valence-electron chi connectivity index (χ0n) is 12.2. The molecule has 3 N–H and O–H groups in total. The summed E-state index contributed by atoms with van der Waals surface area (Å²) >= 11 is 5.28. The van der Waals surface area contributed by atoms with Crippen LogP contribution in [0.25, 0.3) is 0 Å². The summed E-state index contributed by atoms with van der Waals surface area (Å²) < 4.78 is 0. The van der Waals surface area contributed by atoms with Crippen LogP contribution in [0.15, 0.2) is 42.6 Å². The molecule has 0 saturated heterocycles. The Morgan fingerprint density at radius 1 is 1.15 bits per heavy atom. The molecule has 1 heterocycles. The minimum atomic E-state index is 0.172. The molecule has 3 nitrogen and oxygen atoms in total. The number of hydrogen-bond acceptors (Lipinski definition) is 1. The summed E-state index contributed by atoms with van der Waals surface area (Å²) in [6.07, 6.45) is 1.90.